The van der Waals surface area contributed by atoms with Crippen LogP contribution in [-0.2, 0) is 6.54 Å². The van der Waals surface area contributed by atoms with E-state index in [1.165, 1.54) is 12.4 Å². The number of nitrogens with zero attached hydrogens (tertiary/aromatic N) is 4. The zero-order chi connectivity index (χ0) is 23.7. The van der Waals surface area contributed by atoms with Crippen molar-refractivity contribution in [2.45, 2.75) is 38.3 Å². The minimum atomic E-state index is -0.711. The van der Waals surface area contributed by atoms with Gasteiger partial charge in [-0.1, -0.05) is 13.0 Å². The van der Waals surface area contributed by atoms with Crippen LogP contribution in [0.25, 0.3) is 5.69 Å². The fourth-order valence-electron chi connectivity index (χ4n) is 3.80. The third-order valence-corrected chi connectivity index (χ3v) is 6.10. The summed E-state index contributed by atoms with van der Waals surface area (Å²) >= 11 is 0. The van der Waals surface area contributed by atoms with E-state index in [1.807, 2.05) is 6.07 Å². The van der Waals surface area contributed by atoms with Crippen LogP contribution in [-0.4, -0.2) is 24.9 Å². The van der Waals surface area contributed by atoms with Crippen LogP contribution in [0.1, 0.15) is 31.7 Å². The minimum absolute atomic E-state index is 0.155. The van der Waals surface area contributed by atoms with E-state index in [-0.39, 0.29) is 17.6 Å². The first-order chi connectivity index (χ1) is 16.5. The van der Waals surface area contributed by atoms with Gasteiger partial charge in [0.2, 0.25) is 0 Å². The highest BCUT2D eigenvalue weighted by atomic mass is 19.1. The Hall–Kier alpha value is -4.01. The van der Waals surface area contributed by atoms with E-state index in [4.69, 9.17) is 4.74 Å². The second-order valence-corrected chi connectivity index (χ2v) is 8.39. The van der Waals surface area contributed by atoms with Crippen LogP contribution < -0.4 is 15.7 Å². The number of rotatable bonds is 8. The van der Waals surface area contributed by atoms with Crippen molar-refractivity contribution in [2.24, 2.45) is 0 Å². The second kappa shape index (κ2) is 8.74. The first kappa shape index (κ1) is 21.8. The molecule has 7 nitrogen and oxygen atoms in total. The largest absolute Gasteiger partial charge is 0.457 e. The normalized spacial score (nSPS) is 14.1. The highest BCUT2D eigenvalue weighted by molar-refractivity contribution is 5.46. The van der Waals surface area contributed by atoms with Gasteiger partial charge in [-0.25, -0.2) is 18.6 Å². The third-order valence-electron chi connectivity index (χ3n) is 6.10. The Balaban J connectivity index is 1.30. The quantitative estimate of drug-likeness (QED) is 0.402. The van der Waals surface area contributed by atoms with E-state index < -0.39 is 17.3 Å². The van der Waals surface area contributed by atoms with E-state index >= 15 is 0 Å². The van der Waals surface area contributed by atoms with Crippen LogP contribution in [0.3, 0.4) is 0 Å². The average molecular weight is 463 g/mol. The van der Waals surface area contributed by atoms with Gasteiger partial charge in [0.05, 0.1) is 12.2 Å². The molecular formula is C25H23F2N5O2. The molecule has 1 fully saturated rings. The van der Waals surface area contributed by atoms with Crippen molar-refractivity contribution in [3.63, 3.8) is 0 Å². The molecule has 2 heterocycles. The molecule has 0 bridgehead atoms. The fraction of sp³-hybridized carbons (Fsp3) is 0.240. The standard InChI is InChI=1S/C25H23F2N5O2/c1-2-25(11-12-25)30-23-14-19(10-13-28-23)34-18-8-6-17(7-9-18)32-24(33)31(16-29-32)15-20-21(26)4-3-5-22(20)27/h3-10,13-14,16H,2,11-12,15H2,1H3,(H,28,30). The summed E-state index contributed by atoms with van der Waals surface area (Å²) in [6, 6.07) is 14.0. The lowest BCUT2D eigenvalue weighted by atomic mass is 10.2. The van der Waals surface area contributed by atoms with E-state index in [9.17, 15) is 13.6 Å². The van der Waals surface area contributed by atoms with Crippen LogP contribution >= 0.6 is 0 Å². The van der Waals surface area contributed by atoms with Gasteiger partial charge in [-0.05, 0) is 61.7 Å². The zero-order valence-corrected chi connectivity index (χ0v) is 18.5. The first-order valence-electron chi connectivity index (χ1n) is 11.1. The number of hydrogen-bond acceptors (Lipinski definition) is 5. The molecule has 0 unspecified atom stereocenters. The maximum atomic E-state index is 13.9. The Kier molecular flexibility index (Phi) is 5.61. The number of aromatic nitrogens is 4. The molecule has 174 valence electrons. The maximum Gasteiger partial charge on any atom is 0.350 e. The van der Waals surface area contributed by atoms with Gasteiger partial charge < -0.3 is 10.1 Å². The van der Waals surface area contributed by atoms with Gasteiger partial charge >= 0.3 is 5.69 Å². The van der Waals surface area contributed by atoms with Crippen LogP contribution in [0.15, 0.2) is 71.9 Å². The van der Waals surface area contributed by atoms with Crippen LogP contribution in [0, 0.1) is 11.6 Å². The molecule has 0 radical (unpaired) electrons. The first-order valence-corrected chi connectivity index (χ1v) is 11.1. The van der Waals surface area contributed by atoms with E-state index in [1.54, 1.807) is 36.5 Å². The Labute approximate surface area is 194 Å². The maximum absolute atomic E-state index is 13.9. The highest BCUT2D eigenvalue weighted by Gasteiger charge is 2.40. The number of ether oxygens (including phenoxy) is 1. The SMILES string of the molecule is CCC1(Nc2cc(Oc3ccc(-n4ncn(Cc5c(F)cccc5F)c4=O)cc3)ccn2)CC1. The van der Waals surface area contributed by atoms with Gasteiger partial charge in [0.15, 0.2) is 0 Å². The summed E-state index contributed by atoms with van der Waals surface area (Å²) in [7, 11) is 0. The van der Waals surface area contributed by atoms with Gasteiger partial charge in [-0.15, -0.1) is 0 Å². The zero-order valence-electron chi connectivity index (χ0n) is 18.5. The molecule has 1 saturated carbocycles. The van der Waals surface area contributed by atoms with Gasteiger partial charge in [-0.3, -0.25) is 4.57 Å². The lowest BCUT2D eigenvalue weighted by Crippen LogP contribution is -2.24. The molecule has 0 spiro atoms. The number of nitrogens with one attached hydrogen (secondary N) is 1. The molecule has 0 aliphatic heterocycles. The number of anilines is 1. The van der Waals surface area contributed by atoms with E-state index in [0.29, 0.717) is 17.2 Å². The fourth-order valence-corrected chi connectivity index (χ4v) is 3.80. The monoisotopic (exact) mass is 463 g/mol. The van der Waals surface area contributed by atoms with Crippen molar-refractivity contribution in [3.8, 4) is 17.2 Å². The van der Waals surface area contributed by atoms with Crippen molar-refractivity contribution in [2.75, 3.05) is 5.32 Å². The Morgan fingerprint density at radius 2 is 1.79 bits per heavy atom. The van der Waals surface area contributed by atoms with E-state index in [2.05, 4.69) is 22.3 Å². The Morgan fingerprint density at radius 3 is 2.47 bits per heavy atom. The number of halogens is 2. The summed E-state index contributed by atoms with van der Waals surface area (Å²) in [5.74, 6) is 0.580. The Bertz CT molecular complexity index is 1360. The van der Waals surface area contributed by atoms with E-state index in [0.717, 1.165) is 46.5 Å². The average Bonchev–Trinajstić information content (AvgIpc) is 3.52. The summed E-state index contributed by atoms with van der Waals surface area (Å²) in [4.78, 5) is 17.1. The van der Waals surface area contributed by atoms with Crippen molar-refractivity contribution >= 4 is 5.82 Å². The summed E-state index contributed by atoms with van der Waals surface area (Å²) in [5.41, 5.74) is -0.0420. The lowest BCUT2D eigenvalue weighted by molar-refractivity contribution is 0.482. The van der Waals surface area contributed by atoms with Crippen molar-refractivity contribution in [3.05, 3.63) is 94.8 Å². The molecule has 1 aliphatic carbocycles. The van der Waals surface area contributed by atoms with Gasteiger partial charge in [0, 0.05) is 23.4 Å². The third kappa shape index (κ3) is 4.41. The van der Waals surface area contributed by atoms with Crippen molar-refractivity contribution < 1.29 is 13.5 Å². The highest BCUT2D eigenvalue weighted by Crippen LogP contribution is 2.41. The minimum Gasteiger partial charge on any atom is -0.457 e. The summed E-state index contributed by atoms with van der Waals surface area (Å²) < 4.78 is 36.1. The molecule has 2 aromatic carbocycles. The van der Waals surface area contributed by atoms with Gasteiger partial charge in [0.1, 0.15) is 35.3 Å². The number of pyridine rings is 1. The Morgan fingerprint density at radius 1 is 1.06 bits per heavy atom. The van der Waals surface area contributed by atoms with Gasteiger partial charge in [0.25, 0.3) is 0 Å². The molecule has 5 rings (SSSR count). The molecule has 34 heavy (non-hydrogen) atoms. The molecular weight excluding hydrogens is 440 g/mol. The smallest absolute Gasteiger partial charge is 0.350 e. The van der Waals surface area contributed by atoms with Crippen molar-refractivity contribution in [1.29, 1.82) is 0 Å². The van der Waals surface area contributed by atoms with Crippen LogP contribution in [0.5, 0.6) is 11.5 Å². The molecule has 1 aliphatic rings. The lowest BCUT2D eigenvalue weighted by Gasteiger charge is -2.16. The summed E-state index contributed by atoms with van der Waals surface area (Å²) in [6.45, 7) is 1.91. The second-order valence-electron chi connectivity index (χ2n) is 8.39. The topological polar surface area (TPSA) is 74.0 Å². The number of benzene rings is 2. The molecule has 0 atom stereocenters. The summed E-state index contributed by atoms with van der Waals surface area (Å²) in [5, 5.41) is 7.56. The predicted molar refractivity (Wildman–Crippen MR) is 123 cm³/mol. The molecule has 0 amide bonds. The predicted octanol–water partition coefficient (Wildman–Crippen LogP) is 4.90. The van der Waals surface area contributed by atoms with Crippen LogP contribution in [0.4, 0.5) is 14.6 Å². The molecule has 4 aromatic rings. The molecule has 2 aromatic heterocycles. The molecule has 9 heteroatoms. The molecule has 1 N–H and O–H groups in total. The molecule has 0 saturated heterocycles. The summed E-state index contributed by atoms with van der Waals surface area (Å²) in [6.07, 6.45) is 6.28. The van der Waals surface area contributed by atoms with Crippen molar-refractivity contribution in [1.82, 2.24) is 19.3 Å². The van der Waals surface area contributed by atoms with Crippen LogP contribution in [0.2, 0.25) is 0 Å². The van der Waals surface area contributed by atoms with Gasteiger partial charge in [-0.2, -0.15) is 9.78 Å². The number of hydrogen-bond donors (Lipinski definition) is 1.